The van der Waals surface area contributed by atoms with Gasteiger partial charge in [-0.1, -0.05) is 48.0 Å². The number of carbonyl (C=O) groups excluding carboxylic acids is 2. The average Bonchev–Trinajstić information content (AvgIpc) is 3.40. The van der Waals surface area contributed by atoms with E-state index in [0.29, 0.717) is 27.1 Å². The average molecular weight is 474 g/mol. The molecular formula is C25H16ClN3O3S. The molecule has 0 saturated carbocycles. The minimum absolute atomic E-state index is 0.145. The van der Waals surface area contributed by atoms with Crippen LogP contribution in [0.2, 0.25) is 5.02 Å². The molecule has 0 saturated heterocycles. The van der Waals surface area contributed by atoms with Crippen LogP contribution in [0.3, 0.4) is 0 Å². The van der Waals surface area contributed by atoms with Crippen LogP contribution in [0.25, 0.3) is 16.8 Å². The first-order valence-electron chi connectivity index (χ1n) is 10.0. The Balaban J connectivity index is 1.45. The maximum atomic E-state index is 12.4. The van der Waals surface area contributed by atoms with Gasteiger partial charge in [0, 0.05) is 22.9 Å². The highest BCUT2D eigenvalue weighted by Crippen LogP contribution is 2.31. The lowest BCUT2D eigenvalue weighted by atomic mass is 10.1. The van der Waals surface area contributed by atoms with Crippen LogP contribution in [0, 0.1) is 0 Å². The van der Waals surface area contributed by atoms with Gasteiger partial charge in [-0.2, -0.15) is 0 Å². The highest BCUT2D eigenvalue weighted by atomic mass is 35.5. The number of hydrogen-bond donors (Lipinski definition) is 0. The summed E-state index contributed by atoms with van der Waals surface area (Å²) < 4.78 is 5.40. The highest BCUT2D eigenvalue weighted by Gasteiger charge is 2.25. The number of nitrogens with zero attached hydrogens (tertiary/aromatic N) is 3. The number of carbonyl (C=O) groups is 2. The molecule has 1 aliphatic rings. The summed E-state index contributed by atoms with van der Waals surface area (Å²) in [4.78, 5) is 35.1. The third-order valence-corrected chi connectivity index (χ3v) is 6.06. The van der Waals surface area contributed by atoms with Gasteiger partial charge in [-0.15, -0.1) is 11.3 Å². The fraction of sp³-hybridized carbons (Fsp3) is 0.0400. The van der Waals surface area contributed by atoms with Crippen molar-refractivity contribution < 1.29 is 14.3 Å². The number of rotatable bonds is 4. The van der Waals surface area contributed by atoms with Crippen LogP contribution in [-0.4, -0.2) is 22.8 Å². The molecule has 1 amide bonds. The van der Waals surface area contributed by atoms with Gasteiger partial charge in [0.25, 0.3) is 0 Å². The lowest BCUT2D eigenvalue weighted by Gasteiger charge is -2.18. The summed E-state index contributed by atoms with van der Waals surface area (Å²) in [6.07, 6.45) is 1.55. The summed E-state index contributed by atoms with van der Waals surface area (Å²) in [5, 5.41) is 4.84. The Kier molecular flexibility index (Phi) is 5.50. The summed E-state index contributed by atoms with van der Waals surface area (Å²) in [5.74, 6) is -0.509. The molecule has 0 aliphatic carbocycles. The molecule has 162 valence electrons. The SMILES string of the molecule is CC(=O)N(c1cccc(Cl)c1)c1nc(/C=C2\N=C(c3ccc4ccccc4c3)OC2=O)cs1. The maximum Gasteiger partial charge on any atom is 0.363 e. The predicted octanol–water partition coefficient (Wildman–Crippen LogP) is 5.98. The van der Waals surface area contributed by atoms with Crippen molar-refractivity contribution in [3.05, 3.63) is 94.1 Å². The van der Waals surface area contributed by atoms with E-state index in [0.717, 1.165) is 10.8 Å². The van der Waals surface area contributed by atoms with Crippen LogP contribution in [0.4, 0.5) is 10.8 Å². The van der Waals surface area contributed by atoms with E-state index in [-0.39, 0.29) is 17.5 Å². The molecule has 2 heterocycles. The Hall–Kier alpha value is -3.81. The number of hydrogen-bond acceptors (Lipinski definition) is 6. The summed E-state index contributed by atoms with van der Waals surface area (Å²) in [6.45, 7) is 1.45. The molecular weight excluding hydrogens is 458 g/mol. The fourth-order valence-corrected chi connectivity index (χ4v) is 4.51. The lowest BCUT2D eigenvalue weighted by molar-refractivity contribution is -0.130. The van der Waals surface area contributed by atoms with Crippen LogP contribution in [-0.2, 0) is 14.3 Å². The molecule has 0 N–H and O–H groups in total. The van der Waals surface area contributed by atoms with E-state index < -0.39 is 5.97 Å². The molecule has 0 spiro atoms. The van der Waals surface area contributed by atoms with Crippen LogP contribution in [0.15, 0.2) is 82.8 Å². The Morgan fingerprint density at radius 1 is 1.06 bits per heavy atom. The Morgan fingerprint density at radius 3 is 2.67 bits per heavy atom. The molecule has 6 nitrogen and oxygen atoms in total. The molecule has 4 aromatic rings. The number of esters is 1. The molecule has 0 unspecified atom stereocenters. The standard InChI is InChI=1S/C25H16ClN3O3S/c1-15(30)29(21-8-4-7-19(26)12-21)25-27-20(14-33-25)13-22-24(31)32-23(28-22)18-10-9-16-5-2-3-6-17(16)11-18/h2-14H,1H3/b22-13-. The second-order valence-electron chi connectivity index (χ2n) is 7.29. The molecule has 8 heteroatoms. The number of anilines is 2. The number of halogens is 1. The molecule has 0 radical (unpaired) electrons. The van der Waals surface area contributed by atoms with Crippen LogP contribution < -0.4 is 4.90 Å². The van der Waals surface area contributed by atoms with Gasteiger partial charge in [-0.05, 0) is 47.2 Å². The number of amides is 1. The van der Waals surface area contributed by atoms with E-state index in [1.807, 2.05) is 42.5 Å². The normalized spacial score (nSPS) is 14.4. The number of aromatic nitrogens is 1. The molecule has 1 aromatic heterocycles. The van der Waals surface area contributed by atoms with Crippen molar-refractivity contribution in [2.24, 2.45) is 4.99 Å². The van der Waals surface area contributed by atoms with Gasteiger partial charge in [0.05, 0.1) is 11.4 Å². The summed E-state index contributed by atoms with van der Waals surface area (Å²) >= 11 is 7.36. The van der Waals surface area contributed by atoms with E-state index >= 15 is 0 Å². The predicted molar refractivity (Wildman–Crippen MR) is 131 cm³/mol. The number of thiazole rings is 1. The van der Waals surface area contributed by atoms with Gasteiger partial charge in [-0.3, -0.25) is 9.69 Å². The van der Waals surface area contributed by atoms with Gasteiger partial charge >= 0.3 is 5.97 Å². The van der Waals surface area contributed by atoms with E-state index in [9.17, 15) is 9.59 Å². The van der Waals surface area contributed by atoms with Crippen LogP contribution in [0.5, 0.6) is 0 Å². The third-order valence-electron chi connectivity index (χ3n) is 4.98. The van der Waals surface area contributed by atoms with E-state index in [2.05, 4.69) is 9.98 Å². The van der Waals surface area contributed by atoms with E-state index in [1.54, 1.807) is 35.7 Å². The number of aliphatic imine (C=N–C) groups is 1. The van der Waals surface area contributed by atoms with Crippen LogP contribution >= 0.6 is 22.9 Å². The smallest absolute Gasteiger partial charge is 0.363 e. The molecule has 0 bridgehead atoms. The molecule has 5 rings (SSSR count). The fourth-order valence-electron chi connectivity index (χ4n) is 3.48. The summed E-state index contributed by atoms with van der Waals surface area (Å²) in [7, 11) is 0. The zero-order chi connectivity index (χ0) is 22.9. The highest BCUT2D eigenvalue weighted by molar-refractivity contribution is 7.14. The van der Waals surface area contributed by atoms with Gasteiger partial charge in [0.15, 0.2) is 10.8 Å². The Labute approximate surface area is 198 Å². The van der Waals surface area contributed by atoms with Crippen molar-refractivity contribution in [1.29, 1.82) is 0 Å². The summed E-state index contributed by atoms with van der Waals surface area (Å²) in [5.41, 5.74) is 1.97. The van der Waals surface area contributed by atoms with Gasteiger partial charge < -0.3 is 4.74 Å². The quantitative estimate of drug-likeness (QED) is 0.270. The molecule has 1 aliphatic heterocycles. The summed E-state index contributed by atoms with van der Waals surface area (Å²) in [6, 6.07) is 20.7. The number of benzene rings is 3. The first kappa shape index (κ1) is 21.1. The van der Waals surface area contributed by atoms with E-state index in [4.69, 9.17) is 16.3 Å². The van der Waals surface area contributed by atoms with Crippen molar-refractivity contribution in [3.8, 4) is 0 Å². The zero-order valence-electron chi connectivity index (χ0n) is 17.4. The van der Waals surface area contributed by atoms with Gasteiger partial charge in [0.1, 0.15) is 0 Å². The maximum absolute atomic E-state index is 12.4. The van der Waals surface area contributed by atoms with Crippen molar-refractivity contribution in [2.75, 3.05) is 4.90 Å². The monoisotopic (exact) mass is 473 g/mol. The largest absolute Gasteiger partial charge is 0.402 e. The topological polar surface area (TPSA) is 71.9 Å². The minimum Gasteiger partial charge on any atom is -0.402 e. The van der Waals surface area contributed by atoms with Crippen molar-refractivity contribution in [1.82, 2.24) is 4.98 Å². The Morgan fingerprint density at radius 2 is 1.88 bits per heavy atom. The zero-order valence-corrected chi connectivity index (χ0v) is 18.9. The van der Waals surface area contributed by atoms with Gasteiger partial charge in [-0.25, -0.2) is 14.8 Å². The second kappa shape index (κ2) is 8.61. The van der Waals surface area contributed by atoms with Crippen molar-refractivity contribution >= 4 is 68.4 Å². The minimum atomic E-state index is -0.550. The van der Waals surface area contributed by atoms with Crippen LogP contribution in [0.1, 0.15) is 18.2 Å². The van der Waals surface area contributed by atoms with Gasteiger partial charge in [0.2, 0.25) is 11.8 Å². The van der Waals surface area contributed by atoms with Crippen molar-refractivity contribution in [3.63, 3.8) is 0 Å². The third kappa shape index (κ3) is 4.28. The molecule has 0 fully saturated rings. The van der Waals surface area contributed by atoms with Crippen molar-refractivity contribution in [2.45, 2.75) is 6.92 Å². The molecule has 3 aromatic carbocycles. The first-order valence-corrected chi connectivity index (χ1v) is 11.3. The van der Waals surface area contributed by atoms with E-state index in [1.165, 1.54) is 23.2 Å². The number of fused-ring (bicyclic) bond motifs is 1. The number of cyclic esters (lactones) is 1. The second-order valence-corrected chi connectivity index (χ2v) is 8.56. The number of ether oxygens (including phenoxy) is 1. The Bertz CT molecular complexity index is 1470. The lowest BCUT2D eigenvalue weighted by Crippen LogP contribution is -2.22. The first-order chi connectivity index (χ1) is 16.0. The molecule has 0 atom stereocenters. The molecule has 33 heavy (non-hydrogen) atoms.